The van der Waals surface area contributed by atoms with Gasteiger partial charge in [0.2, 0.25) is 5.91 Å². The maximum atomic E-state index is 11.6. The van der Waals surface area contributed by atoms with E-state index >= 15 is 0 Å². The second kappa shape index (κ2) is 5.90. The van der Waals surface area contributed by atoms with E-state index < -0.39 is 29.4 Å². The van der Waals surface area contributed by atoms with Crippen LogP contribution in [0.1, 0.15) is 33.1 Å². The summed E-state index contributed by atoms with van der Waals surface area (Å²) in [4.78, 5) is 33.7. The van der Waals surface area contributed by atoms with Crippen LogP contribution in [0.15, 0.2) is 0 Å². The van der Waals surface area contributed by atoms with Crippen molar-refractivity contribution in [2.75, 3.05) is 6.54 Å². The first-order valence-electron chi connectivity index (χ1n) is 6.32. The van der Waals surface area contributed by atoms with E-state index in [9.17, 15) is 14.4 Å². The summed E-state index contributed by atoms with van der Waals surface area (Å²) in [6, 6.07) is -0.514. The topological polar surface area (TPSA) is 122 Å². The Balaban J connectivity index is 2.42. The van der Waals surface area contributed by atoms with Crippen LogP contribution in [0.25, 0.3) is 0 Å². The number of primary amides is 1. The van der Waals surface area contributed by atoms with Crippen molar-refractivity contribution in [3.05, 3.63) is 0 Å². The Hall–Kier alpha value is -1.79. The summed E-state index contributed by atoms with van der Waals surface area (Å²) in [5.74, 6) is -1.90. The first kappa shape index (κ1) is 15.3. The average Bonchev–Trinajstić information content (AvgIpc) is 2.73. The van der Waals surface area contributed by atoms with Crippen molar-refractivity contribution in [3.8, 4) is 0 Å². The largest absolute Gasteiger partial charge is 0.481 e. The van der Waals surface area contributed by atoms with Gasteiger partial charge in [-0.3, -0.25) is 9.59 Å². The highest BCUT2D eigenvalue weighted by molar-refractivity contribution is 5.89. The second-order valence-corrected chi connectivity index (χ2v) is 5.46. The molecule has 0 aromatic rings. The van der Waals surface area contributed by atoms with Gasteiger partial charge >= 0.3 is 12.0 Å². The summed E-state index contributed by atoms with van der Waals surface area (Å²) < 4.78 is 0. The van der Waals surface area contributed by atoms with Gasteiger partial charge < -0.3 is 21.5 Å². The lowest BCUT2D eigenvalue weighted by Gasteiger charge is -2.23. The summed E-state index contributed by atoms with van der Waals surface area (Å²) >= 11 is 0. The Morgan fingerprint density at radius 1 is 1.32 bits per heavy atom. The Morgan fingerprint density at radius 3 is 2.47 bits per heavy atom. The number of urea groups is 1. The smallest absolute Gasteiger partial charge is 0.315 e. The van der Waals surface area contributed by atoms with Crippen LogP contribution in [0.2, 0.25) is 0 Å². The van der Waals surface area contributed by atoms with Crippen LogP contribution in [0.4, 0.5) is 4.79 Å². The van der Waals surface area contributed by atoms with Crippen LogP contribution in [0, 0.1) is 11.8 Å². The van der Waals surface area contributed by atoms with Gasteiger partial charge in [0.25, 0.3) is 0 Å². The van der Waals surface area contributed by atoms with Gasteiger partial charge in [-0.15, -0.1) is 0 Å². The van der Waals surface area contributed by atoms with Gasteiger partial charge in [0, 0.05) is 6.54 Å². The molecule has 2 atom stereocenters. The fourth-order valence-corrected chi connectivity index (χ4v) is 2.22. The third-order valence-electron chi connectivity index (χ3n) is 3.54. The number of hydrogen-bond donors (Lipinski definition) is 4. The Labute approximate surface area is 111 Å². The number of carboxylic acid groups (broad SMARTS) is 1. The molecule has 1 aliphatic carbocycles. The first-order chi connectivity index (χ1) is 8.74. The van der Waals surface area contributed by atoms with E-state index in [-0.39, 0.29) is 12.5 Å². The minimum absolute atomic E-state index is 0.0556. The molecule has 7 heteroatoms. The third kappa shape index (κ3) is 4.11. The Morgan fingerprint density at radius 2 is 1.95 bits per heavy atom. The van der Waals surface area contributed by atoms with E-state index in [1.807, 2.05) is 0 Å². The molecule has 0 aromatic heterocycles. The molecule has 1 saturated carbocycles. The fraction of sp³-hybridized carbons (Fsp3) is 0.750. The van der Waals surface area contributed by atoms with Crippen LogP contribution in [-0.2, 0) is 9.59 Å². The van der Waals surface area contributed by atoms with Crippen molar-refractivity contribution < 1.29 is 19.5 Å². The lowest BCUT2D eigenvalue weighted by Crippen LogP contribution is -2.56. The van der Waals surface area contributed by atoms with E-state index in [1.54, 1.807) is 0 Å². The van der Waals surface area contributed by atoms with Gasteiger partial charge in [0.05, 0.1) is 5.92 Å². The average molecular weight is 271 g/mol. The molecule has 0 radical (unpaired) electrons. The third-order valence-corrected chi connectivity index (χ3v) is 3.54. The number of rotatable bonds is 5. The number of nitrogens with one attached hydrogen (secondary N) is 2. The number of carbonyl (C=O) groups excluding carboxylic acids is 2. The number of aliphatic carboxylic acids is 1. The number of carboxylic acids is 1. The summed E-state index contributed by atoms with van der Waals surface area (Å²) in [5.41, 5.74) is 4.01. The minimum Gasteiger partial charge on any atom is -0.481 e. The van der Waals surface area contributed by atoms with Crippen LogP contribution in [0.3, 0.4) is 0 Å². The van der Waals surface area contributed by atoms with Crippen LogP contribution < -0.4 is 16.4 Å². The molecule has 5 N–H and O–H groups in total. The molecule has 7 nitrogen and oxygen atoms in total. The van der Waals surface area contributed by atoms with Crippen molar-refractivity contribution in [1.29, 1.82) is 0 Å². The van der Waals surface area contributed by atoms with Crippen molar-refractivity contribution in [1.82, 2.24) is 10.6 Å². The highest BCUT2D eigenvalue weighted by atomic mass is 16.4. The molecule has 1 rings (SSSR count). The molecule has 108 valence electrons. The highest BCUT2D eigenvalue weighted by Crippen LogP contribution is 2.31. The number of hydrogen-bond acceptors (Lipinski definition) is 3. The zero-order chi connectivity index (χ0) is 14.6. The van der Waals surface area contributed by atoms with Crippen molar-refractivity contribution >= 4 is 17.9 Å². The SMILES string of the molecule is CC(C)(NC(=O)NCC1CCCC1C(=O)O)C(N)=O. The molecular formula is C12H21N3O4. The predicted molar refractivity (Wildman–Crippen MR) is 68.3 cm³/mol. The molecule has 0 aliphatic heterocycles. The number of carbonyl (C=O) groups is 3. The normalized spacial score (nSPS) is 22.8. The van der Waals surface area contributed by atoms with Gasteiger partial charge in [-0.05, 0) is 32.6 Å². The molecule has 0 bridgehead atoms. The molecule has 0 spiro atoms. The lowest BCUT2D eigenvalue weighted by atomic mass is 9.96. The monoisotopic (exact) mass is 271 g/mol. The van der Waals surface area contributed by atoms with Gasteiger partial charge in [0.1, 0.15) is 5.54 Å². The summed E-state index contributed by atoms with van der Waals surface area (Å²) in [6.07, 6.45) is 2.30. The number of nitrogens with two attached hydrogens (primary N) is 1. The van der Waals surface area contributed by atoms with Crippen molar-refractivity contribution in [2.45, 2.75) is 38.6 Å². The molecule has 0 aromatic carbocycles. The molecule has 3 amide bonds. The van der Waals surface area contributed by atoms with E-state index in [0.717, 1.165) is 12.8 Å². The summed E-state index contributed by atoms with van der Waals surface area (Å²) in [7, 11) is 0. The Bertz CT molecular complexity index is 381. The Kier molecular flexibility index (Phi) is 4.74. The van der Waals surface area contributed by atoms with Gasteiger partial charge in [-0.25, -0.2) is 4.79 Å². The van der Waals surface area contributed by atoms with Crippen molar-refractivity contribution in [3.63, 3.8) is 0 Å². The molecular weight excluding hydrogens is 250 g/mol. The molecule has 2 unspecified atom stereocenters. The zero-order valence-electron chi connectivity index (χ0n) is 11.2. The highest BCUT2D eigenvalue weighted by Gasteiger charge is 2.33. The standard InChI is InChI=1S/C12H21N3O4/c1-12(2,10(13)18)15-11(19)14-6-7-4-3-5-8(7)9(16)17/h7-8H,3-6H2,1-2H3,(H2,13,18)(H,16,17)(H2,14,15,19). The quantitative estimate of drug-likeness (QED) is 0.564. The van der Waals surface area contributed by atoms with E-state index in [1.165, 1.54) is 13.8 Å². The fourth-order valence-electron chi connectivity index (χ4n) is 2.22. The molecule has 0 saturated heterocycles. The maximum Gasteiger partial charge on any atom is 0.315 e. The van der Waals surface area contributed by atoms with Gasteiger partial charge in [-0.2, -0.15) is 0 Å². The molecule has 1 aliphatic rings. The van der Waals surface area contributed by atoms with Crippen LogP contribution in [-0.4, -0.2) is 35.1 Å². The van der Waals surface area contributed by atoms with Gasteiger partial charge in [-0.1, -0.05) is 6.42 Å². The second-order valence-electron chi connectivity index (χ2n) is 5.46. The van der Waals surface area contributed by atoms with Gasteiger partial charge in [0.15, 0.2) is 0 Å². The van der Waals surface area contributed by atoms with Crippen molar-refractivity contribution in [2.24, 2.45) is 17.6 Å². The van der Waals surface area contributed by atoms with E-state index in [2.05, 4.69) is 10.6 Å². The summed E-state index contributed by atoms with van der Waals surface area (Å²) in [5, 5.41) is 14.1. The molecule has 1 fully saturated rings. The van der Waals surface area contributed by atoms with Crippen LogP contribution >= 0.6 is 0 Å². The zero-order valence-corrected chi connectivity index (χ0v) is 11.2. The lowest BCUT2D eigenvalue weighted by molar-refractivity contribution is -0.142. The molecule has 0 heterocycles. The minimum atomic E-state index is -1.13. The van der Waals surface area contributed by atoms with Crippen LogP contribution in [0.5, 0.6) is 0 Å². The van der Waals surface area contributed by atoms with E-state index in [4.69, 9.17) is 10.8 Å². The number of amides is 3. The summed E-state index contributed by atoms with van der Waals surface area (Å²) in [6.45, 7) is 3.30. The molecule has 19 heavy (non-hydrogen) atoms. The first-order valence-corrected chi connectivity index (χ1v) is 6.32. The van der Waals surface area contributed by atoms with E-state index in [0.29, 0.717) is 6.42 Å². The predicted octanol–water partition coefficient (Wildman–Crippen LogP) is 0.0504. The maximum absolute atomic E-state index is 11.6.